The van der Waals surface area contributed by atoms with Gasteiger partial charge < -0.3 is 10.5 Å². The molecule has 0 aliphatic carbocycles. The van der Waals surface area contributed by atoms with Gasteiger partial charge in [-0.15, -0.1) is 11.3 Å². The van der Waals surface area contributed by atoms with Gasteiger partial charge >= 0.3 is 0 Å². The molecule has 4 heteroatoms. The quantitative estimate of drug-likeness (QED) is 0.705. The lowest BCUT2D eigenvalue weighted by molar-refractivity contribution is 0.217. The minimum atomic E-state index is -0.0853. The normalized spacial score (nSPS) is 12.5. The third kappa shape index (κ3) is 3.12. The van der Waals surface area contributed by atoms with Crippen molar-refractivity contribution in [2.45, 2.75) is 13.0 Å². The van der Waals surface area contributed by atoms with Gasteiger partial charge in [-0.2, -0.15) is 0 Å². The SMILES string of the molecule is Cc1ccsc1C(CN)Oc1ccc2cc(Br)ccc2c1. The van der Waals surface area contributed by atoms with Crippen LogP contribution in [0.2, 0.25) is 0 Å². The lowest BCUT2D eigenvalue weighted by atomic mass is 10.1. The van der Waals surface area contributed by atoms with E-state index in [1.54, 1.807) is 11.3 Å². The second-order valence-electron chi connectivity index (χ2n) is 4.96. The van der Waals surface area contributed by atoms with E-state index in [-0.39, 0.29) is 6.10 Å². The molecule has 0 aliphatic rings. The molecule has 3 aromatic rings. The zero-order valence-electron chi connectivity index (χ0n) is 11.7. The van der Waals surface area contributed by atoms with Gasteiger partial charge in [0.25, 0.3) is 0 Å². The standard InChI is InChI=1S/C17H16BrNOS/c1-11-6-7-21-17(11)16(10-19)20-15-5-3-12-8-14(18)4-2-13(12)9-15/h2-9,16H,10,19H2,1H3. The smallest absolute Gasteiger partial charge is 0.145 e. The Morgan fingerprint density at radius 3 is 2.62 bits per heavy atom. The van der Waals surface area contributed by atoms with Gasteiger partial charge in [0.15, 0.2) is 0 Å². The zero-order chi connectivity index (χ0) is 14.8. The molecule has 0 amide bonds. The van der Waals surface area contributed by atoms with E-state index in [0.29, 0.717) is 6.54 Å². The van der Waals surface area contributed by atoms with Crippen molar-refractivity contribution >= 4 is 38.0 Å². The van der Waals surface area contributed by atoms with Crippen LogP contribution in [0.1, 0.15) is 16.5 Å². The van der Waals surface area contributed by atoms with E-state index in [2.05, 4.69) is 58.6 Å². The van der Waals surface area contributed by atoms with Gasteiger partial charge in [-0.05, 0) is 59.0 Å². The van der Waals surface area contributed by atoms with Gasteiger partial charge in [-0.25, -0.2) is 0 Å². The van der Waals surface area contributed by atoms with Crippen molar-refractivity contribution in [1.82, 2.24) is 0 Å². The Hall–Kier alpha value is -1.36. The first-order chi connectivity index (χ1) is 10.2. The fraction of sp³-hybridized carbons (Fsp3) is 0.176. The van der Waals surface area contributed by atoms with Gasteiger partial charge in [-0.3, -0.25) is 0 Å². The first kappa shape index (κ1) is 14.6. The summed E-state index contributed by atoms with van der Waals surface area (Å²) >= 11 is 5.19. The molecule has 0 aliphatic heterocycles. The highest BCUT2D eigenvalue weighted by molar-refractivity contribution is 9.10. The molecule has 108 valence electrons. The highest BCUT2D eigenvalue weighted by Gasteiger charge is 2.15. The Morgan fingerprint density at radius 1 is 1.14 bits per heavy atom. The number of rotatable bonds is 4. The fourth-order valence-corrected chi connectivity index (χ4v) is 3.70. The predicted molar refractivity (Wildman–Crippen MR) is 93.1 cm³/mol. The monoisotopic (exact) mass is 361 g/mol. The van der Waals surface area contributed by atoms with Crippen LogP contribution < -0.4 is 10.5 Å². The largest absolute Gasteiger partial charge is 0.484 e. The number of nitrogens with two attached hydrogens (primary N) is 1. The number of aryl methyl sites for hydroxylation is 1. The average molecular weight is 362 g/mol. The summed E-state index contributed by atoms with van der Waals surface area (Å²) in [5.41, 5.74) is 7.12. The number of thiophene rings is 1. The van der Waals surface area contributed by atoms with Crippen LogP contribution in [0, 0.1) is 6.92 Å². The van der Waals surface area contributed by atoms with Crippen molar-refractivity contribution in [3.8, 4) is 5.75 Å². The number of hydrogen-bond donors (Lipinski definition) is 1. The van der Waals surface area contributed by atoms with Crippen molar-refractivity contribution in [1.29, 1.82) is 0 Å². The first-order valence-electron chi connectivity index (χ1n) is 6.77. The molecule has 0 fully saturated rings. The Balaban J connectivity index is 1.90. The molecule has 2 nitrogen and oxygen atoms in total. The number of halogens is 1. The second kappa shape index (κ2) is 6.18. The molecular weight excluding hydrogens is 346 g/mol. The molecular formula is C17H16BrNOS. The van der Waals surface area contributed by atoms with Crippen LogP contribution in [-0.4, -0.2) is 6.54 Å². The van der Waals surface area contributed by atoms with Crippen molar-refractivity contribution in [3.63, 3.8) is 0 Å². The predicted octanol–water partition coefficient (Wildman–Crippen LogP) is 5.05. The van der Waals surface area contributed by atoms with Crippen LogP contribution in [0.15, 0.2) is 52.3 Å². The number of benzene rings is 2. The molecule has 1 heterocycles. The van der Waals surface area contributed by atoms with Crippen molar-refractivity contribution < 1.29 is 4.74 Å². The van der Waals surface area contributed by atoms with Gasteiger partial charge in [0.2, 0.25) is 0 Å². The molecule has 2 N–H and O–H groups in total. The van der Waals surface area contributed by atoms with Crippen LogP contribution in [0.25, 0.3) is 10.8 Å². The third-order valence-corrected chi connectivity index (χ3v) is 5.06. The minimum Gasteiger partial charge on any atom is -0.484 e. The summed E-state index contributed by atoms with van der Waals surface area (Å²) in [6, 6.07) is 14.5. The Kier molecular flexibility index (Phi) is 4.29. The van der Waals surface area contributed by atoms with E-state index in [1.807, 2.05) is 12.1 Å². The Morgan fingerprint density at radius 2 is 1.90 bits per heavy atom. The van der Waals surface area contributed by atoms with E-state index >= 15 is 0 Å². The van der Waals surface area contributed by atoms with Gasteiger partial charge in [0, 0.05) is 15.9 Å². The first-order valence-corrected chi connectivity index (χ1v) is 8.44. The molecule has 2 aromatic carbocycles. The fourth-order valence-electron chi connectivity index (χ4n) is 2.36. The third-order valence-electron chi connectivity index (χ3n) is 3.46. The molecule has 0 saturated carbocycles. The van der Waals surface area contributed by atoms with Crippen LogP contribution in [-0.2, 0) is 0 Å². The number of ether oxygens (including phenoxy) is 1. The van der Waals surface area contributed by atoms with Crippen molar-refractivity contribution in [2.24, 2.45) is 5.73 Å². The highest BCUT2D eigenvalue weighted by Crippen LogP contribution is 2.30. The summed E-state index contributed by atoms with van der Waals surface area (Å²) in [5, 5.41) is 4.43. The molecule has 1 aromatic heterocycles. The van der Waals surface area contributed by atoms with Crippen molar-refractivity contribution in [2.75, 3.05) is 6.54 Å². The minimum absolute atomic E-state index is 0.0853. The topological polar surface area (TPSA) is 35.2 Å². The maximum Gasteiger partial charge on any atom is 0.145 e. The summed E-state index contributed by atoms with van der Waals surface area (Å²) < 4.78 is 7.18. The zero-order valence-corrected chi connectivity index (χ0v) is 14.1. The average Bonchev–Trinajstić information content (AvgIpc) is 2.91. The summed E-state index contributed by atoms with van der Waals surface area (Å²) in [4.78, 5) is 1.20. The van der Waals surface area contributed by atoms with Gasteiger partial charge in [-0.1, -0.05) is 28.1 Å². The van der Waals surface area contributed by atoms with Crippen LogP contribution in [0.5, 0.6) is 5.75 Å². The van der Waals surface area contributed by atoms with Gasteiger partial charge in [0.1, 0.15) is 11.9 Å². The Labute approximate surface area is 136 Å². The van der Waals surface area contributed by atoms with Crippen LogP contribution in [0.3, 0.4) is 0 Å². The number of hydrogen-bond acceptors (Lipinski definition) is 3. The maximum absolute atomic E-state index is 6.10. The molecule has 0 radical (unpaired) electrons. The maximum atomic E-state index is 6.10. The van der Waals surface area contributed by atoms with Crippen LogP contribution >= 0.6 is 27.3 Å². The molecule has 0 spiro atoms. The highest BCUT2D eigenvalue weighted by atomic mass is 79.9. The molecule has 1 unspecified atom stereocenters. The van der Waals surface area contributed by atoms with E-state index in [0.717, 1.165) is 15.6 Å². The summed E-state index contributed by atoms with van der Waals surface area (Å²) in [5.74, 6) is 0.855. The number of fused-ring (bicyclic) bond motifs is 1. The molecule has 0 saturated heterocycles. The van der Waals surface area contributed by atoms with Gasteiger partial charge in [0.05, 0.1) is 0 Å². The Bertz CT molecular complexity index is 768. The summed E-state index contributed by atoms with van der Waals surface area (Å²) in [6.07, 6.45) is -0.0853. The van der Waals surface area contributed by atoms with Crippen molar-refractivity contribution in [3.05, 3.63) is 62.8 Å². The lowest BCUT2D eigenvalue weighted by Gasteiger charge is -2.17. The second-order valence-corrected chi connectivity index (χ2v) is 6.83. The summed E-state index contributed by atoms with van der Waals surface area (Å²) in [7, 11) is 0. The molecule has 3 rings (SSSR count). The van der Waals surface area contributed by atoms with E-state index in [4.69, 9.17) is 10.5 Å². The molecule has 1 atom stereocenters. The summed E-state index contributed by atoms with van der Waals surface area (Å²) in [6.45, 7) is 2.56. The van der Waals surface area contributed by atoms with E-state index in [9.17, 15) is 0 Å². The van der Waals surface area contributed by atoms with Crippen LogP contribution in [0.4, 0.5) is 0 Å². The molecule has 0 bridgehead atoms. The lowest BCUT2D eigenvalue weighted by Crippen LogP contribution is -2.18. The van der Waals surface area contributed by atoms with E-state index in [1.165, 1.54) is 15.8 Å². The molecule has 21 heavy (non-hydrogen) atoms. The van der Waals surface area contributed by atoms with E-state index < -0.39 is 0 Å².